The number of hydrogen-bond acceptors (Lipinski definition) is 6. The van der Waals surface area contributed by atoms with E-state index in [0.29, 0.717) is 25.3 Å². The second-order valence-electron chi connectivity index (χ2n) is 9.24. The third kappa shape index (κ3) is 7.86. The minimum atomic E-state index is -0.463. The molecule has 1 aromatic rings. The Morgan fingerprint density at radius 1 is 1.07 bits per heavy atom. The Kier molecular flexibility index (Phi) is 8.53. The quantitative estimate of drug-likeness (QED) is 0.631. The molecule has 7 heteroatoms. The van der Waals surface area contributed by atoms with Crippen LogP contribution in [0.4, 0.5) is 10.5 Å². The average molecular weight is 420 g/mol. The Morgan fingerprint density at radius 2 is 1.67 bits per heavy atom. The summed E-state index contributed by atoms with van der Waals surface area (Å²) in [5.41, 5.74) is 1.16. The fourth-order valence-corrected chi connectivity index (χ4v) is 3.16. The number of hydrogen-bond donors (Lipinski definition) is 0. The van der Waals surface area contributed by atoms with Gasteiger partial charge in [-0.1, -0.05) is 6.92 Å². The van der Waals surface area contributed by atoms with Gasteiger partial charge in [0.05, 0.1) is 12.2 Å². The number of carbonyl (C=O) groups is 2. The van der Waals surface area contributed by atoms with Crippen LogP contribution in [0.3, 0.4) is 0 Å². The van der Waals surface area contributed by atoms with Crippen molar-refractivity contribution in [2.75, 3.05) is 58.3 Å². The highest BCUT2D eigenvalue weighted by Gasteiger charge is 2.25. The largest absolute Gasteiger partial charge is 0.462 e. The summed E-state index contributed by atoms with van der Waals surface area (Å²) >= 11 is 0. The van der Waals surface area contributed by atoms with E-state index in [2.05, 4.69) is 11.8 Å². The Balaban J connectivity index is 1.66. The van der Waals surface area contributed by atoms with Crippen LogP contribution in [-0.4, -0.2) is 80.9 Å². The van der Waals surface area contributed by atoms with Gasteiger partial charge in [-0.3, -0.25) is 4.90 Å². The highest BCUT2D eigenvalue weighted by molar-refractivity contribution is 5.89. The normalized spacial score (nSPS) is 16.1. The number of rotatable bonds is 7. The lowest BCUT2D eigenvalue weighted by Crippen LogP contribution is -2.50. The van der Waals surface area contributed by atoms with Crippen LogP contribution in [0.25, 0.3) is 0 Å². The summed E-state index contributed by atoms with van der Waals surface area (Å²) in [6, 6.07) is 7.42. The van der Waals surface area contributed by atoms with Crippen molar-refractivity contribution < 1.29 is 19.1 Å². The number of anilines is 1. The number of benzene rings is 1. The van der Waals surface area contributed by atoms with Crippen molar-refractivity contribution in [2.24, 2.45) is 5.92 Å². The highest BCUT2D eigenvalue weighted by atomic mass is 16.6. The maximum absolute atomic E-state index is 12.2. The van der Waals surface area contributed by atoms with Gasteiger partial charge in [0.15, 0.2) is 0 Å². The first-order chi connectivity index (χ1) is 14.0. The van der Waals surface area contributed by atoms with E-state index in [-0.39, 0.29) is 18.0 Å². The molecule has 1 aliphatic rings. The van der Waals surface area contributed by atoms with E-state index >= 15 is 0 Å². The second kappa shape index (κ2) is 10.7. The van der Waals surface area contributed by atoms with Gasteiger partial charge in [-0.05, 0) is 63.9 Å². The van der Waals surface area contributed by atoms with Crippen LogP contribution < -0.4 is 4.90 Å². The lowest BCUT2D eigenvalue weighted by molar-refractivity contribution is 0.0138. The van der Waals surface area contributed by atoms with Crippen molar-refractivity contribution in [2.45, 2.75) is 39.7 Å². The van der Waals surface area contributed by atoms with E-state index in [1.165, 1.54) is 0 Å². The second-order valence-corrected chi connectivity index (χ2v) is 9.24. The van der Waals surface area contributed by atoms with Crippen molar-refractivity contribution in [1.82, 2.24) is 9.80 Å². The molecular formula is C23H37N3O4. The van der Waals surface area contributed by atoms with E-state index in [1.807, 2.05) is 51.9 Å². The smallest absolute Gasteiger partial charge is 0.410 e. The number of nitrogens with zero attached hydrogens (tertiary/aromatic N) is 3. The standard InChI is InChI=1S/C23H37N3O4/c1-18(17-29-21(27)19-7-9-20(10-8-19)24(5)6)11-12-25-13-15-26(16-14-25)22(28)30-23(2,3)4/h7-10,18H,11-17H2,1-6H3/t18-/m1/s1. The fourth-order valence-electron chi connectivity index (χ4n) is 3.16. The Hall–Kier alpha value is -2.28. The van der Waals surface area contributed by atoms with E-state index in [1.54, 1.807) is 17.0 Å². The zero-order valence-electron chi connectivity index (χ0n) is 19.3. The number of carbonyl (C=O) groups excluding carboxylic acids is 2. The molecule has 168 valence electrons. The number of ether oxygens (including phenoxy) is 2. The number of amides is 1. The molecule has 0 spiro atoms. The molecule has 0 saturated carbocycles. The minimum Gasteiger partial charge on any atom is -0.462 e. The van der Waals surface area contributed by atoms with Crippen molar-refractivity contribution in [3.05, 3.63) is 29.8 Å². The van der Waals surface area contributed by atoms with Gasteiger partial charge in [-0.2, -0.15) is 0 Å². The van der Waals surface area contributed by atoms with E-state index in [9.17, 15) is 9.59 Å². The zero-order valence-corrected chi connectivity index (χ0v) is 19.3. The first-order valence-corrected chi connectivity index (χ1v) is 10.7. The van der Waals surface area contributed by atoms with E-state index < -0.39 is 5.60 Å². The molecule has 1 atom stereocenters. The van der Waals surface area contributed by atoms with Crippen LogP contribution in [0.5, 0.6) is 0 Å². The zero-order chi connectivity index (χ0) is 22.3. The molecule has 0 aromatic heterocycles. The maximum atomic E-state index is 12.2. The van der Waals surface area contributed by atoms with Crippen LogP contribution in [0.2, 0.25) is 0 Å². The van der Waals surface area contributed by atoms with Crippen LogP contribution >= 0.6 is 0 Å². The highest BCUT2D eigenvalue weighted by Crippen LogP contribution is 2.15. The van der Waals surface area contributed by atoms with Crippen LogP contribution in [0.1, 0.15) is 44.5 Å². The summed E-state index contributed by atoms with van der Waals surface area (Å²) in [5.74, 6) is -0.00276. The fraction of sp³-hybridized carbons (Fsp3) is 0.652. The molecule has 1 amide bonds. The molecule has 1 heterocycles. The monoisotopic (exact) mass is 419 g/mol. The molecule has 7 nitrogen and oxygen atoms in total. The SMILES string of the molecule is C[C@H](CCN1CCN(C(=O)OC(C)(C)C)CC1)COC(=O)c1ccc(N(C)C)cc1. The molecular weight excluding hydrogens is 382 g/mol. The van der Waals surface area contributed by atoms with E-state index in [4.69, 9.17) is 9.47 Å². The average Bonchev–Trinajstić information content (AvgIpc) is 2.69. The molecule has 0 bridgehead atoms. The van der Waals surface area contributed by atoms with Gasteiger partial charge < -0.3 is 19.3 Å². The summed E-state index contributed by atoms with van der Waals surface area (Å²) in [6.07, 6.45) is 0.709. The van der Waals surface area contributed by atoms with Gasteiger partial charge in [-0.15, -0.1) is 0 Å². The van der Waals surface area contributed by atoms with Crippen molar-refractivity contribution >= 4 is 17.7 Å². The number of esters is 1. The van der Waals surface area contributed by atoms with Crippen LogP contribution in [-0.2, 0) is 9.47 Å². The predicted octanol–water partition coefficient (Wildman–Crippen LogP) is 3.49. The first kappa shape index (κ1) is 24.0. The van der Waals surface area contributed by atoms with Gasteiger partial charge in [0, 0.05) is 46.0 Å². The molecule has 2 rings (SSSR count). The topological polar surface area (TPSA) is 62.3 Å². The van der Waals surface area contributed by atoms with Crippen molar-refractivity contribution in [1.29, 1.82) is 0 Å². The molecule has 0 radical (unpaired) electrons. The van der Waals surface area contributed by atoms with Crippen molar-refractivity contribution in [3.63, 3.8) is 0 Å². The summed E-state index contributed by atoms with van der Waals surface area (Å²) in [7, 11) is 3.93. The van der Waals surface area contributed by atoms with Gasteiger partial charge in [0.1, 0.15) is 5.60 Å². The summed E-state index contributed by atoms with van der Waals surface area (Å²) < 4.78 is 10.9. The molecule has 0 N–H and O–H groups in total. The lowest BCUT2D eigenvalue weighted by Gasteiger charge is -2.35. The third-order valence-corrected chi connectivity index (χ3v) is 5.08. The molecule has 30 heavy (non-hydrogen) atoms. The molecule has 1 aromatic carbocycles. The van der Waals surface area contributed by atoms with Gasteiger partial charge in [0.25, 0.3) is 0 Å². The van der Waals surface area contributed by atoms with Gasteiger partial charge in [-0.25, -0.2) is 9.59 Å². The third-order valence-electron chi connectivity index (χ3n) is 5.08. The lowest BCUT2D eigenvalue weighted by atomic mass is 10.1. The Morgan fingerprint density at radius 3 is 2.20 bits per heavy atom. The van der Waals surface area contributed by atoms with Crippen LogP contribution in [0.15, 0.2) is 24.3 Å². The Bertz CT molecular complexity index is 689. The minimum absolute atomic E-state index is 0.235. The van der Waals surface area contributed by atoms with Crippen molar-refractivity contribution in [3.8, 4) is 0 Å². The summed E-state index contributed by atoms with van der Waals surface area (Å²) in [4.78, 5) is 30.5. The molecule has 0 aliphatic carbocycles. The number of piperazine rings is 1. The van der Waals surface area contributed by atoms with Gasteiger partial charge in [0.2, 0.25) is 0 Å². The Labute approximate surface area is 180 Å². The van der Waals surface area contributed by atoms with Crippen LogP contribution in [0, 0.1) is 5.92 Å². The molecule has 0 unspecified atom stereocenters. The van der Waals surface area contributed by atoms with Gasteiger partial charge >= 0.3 is 12.1 Å². The molecule has 1 aliphatic heterocycles. The molecule has 1 saturated heterocycles. The first-order valence-electron chi connectivity index (χ1n) is 10.7. The summed E-state index contributed by atoms with van der Waals surface area (Å²) in [5, 5.41) is 0. The summed E-state index contributed by atoms with van der Waals surface area (Å²) in [6.45, 7) is 12.1. The van der Waals surface area contributed by atoms with E-state index in [0.717, 1.165) is 31.7 Å². The predicted molar refractivity (Wildman–Crippen MR) is 119 cm³/mol. The maximum Gasteiger partial charge on any atom is 0.410 e. The molecule has 1 fully saturated rings.